The molecule has 0 radical (unpaired) electrons. The molecule has 2 rings (SSSR count). The van der Waals surface area contributed by atoms with Crippen LogP contribution in [0.15, 0.2) is 89.1 Å². The van der Waals surface area contributed by atoms with E-state index >= 15 is 0 Å². The second-order valence-corrected chi connectivity index (χ2v) is 12.3. The van der Waals surface area contributed by atoms with Crippen molar-refractivity contribution < 1.29 is 52.0 Å². The molecule has 0 aromatic heterocycles. The molecule has 2 N–H and O–H groups in total. The molecule has 0 aliphatic heterocycles. The fourth-order valence-corrected chi connectivity index (χ4v) is 5.19. The molecule has 0 spiro atoms. The number of carbonyl (C=O) groups is 3. The van der Waals surface area contributed by atoms with Crippen molar-refractivity contribution in [2.24, 2.45) is 0 Å². The molecule has 0 saturated carbocycles. The smallest absolute Gasteiger partial charge is 0.432 e. The highest BCUT2D eigenvalue weighted by Crippen LogP contribution is 2.43. The number of rotatable bonds is 17. The first-order valence-corrected chi connectivity index (χ1v) is 16.1. The Hall–Kier alpha value is -4.64. The van der Waals surface area contributed by atoms with Gasteiger partial charge in [0.05, 0.1) is 13.5 Å². The lowest BCUT2D eigenvalue weighted by Crippen LogP contribution is -2.53. The maximum absolute atomic E-state index is 14.4. The topological polar surface area (TPSA) is 119 Å². The summed E-state index contributed by atoms with van der Waals surface area (Å²) >= 11 is 0. The van der Waals surface area contributed by atoms with Gasteiger partial charge in [-0.3, -0.25) is 9.59 Å². The molecule has 50 heavy (non-hydrogen) atoms. The van der Waals surface area contributed by atoms with E-state index in [0.717, 1.165) is 43.2 Å². The minimum absolute atomic E-state index is 0.0570. The minimum atomic E-state index is -5.17. The highest BCUT2D eigenvalue weighted by molar-refractivity contribution is 6.01. The van der Waals surface area contributed by atoms with Crippen LogP contribution < -0.4 is 0 Å². The molecule has 0 aliphatic carbocycles. The molecule has 2 atom stereocenters. The van der Waals surface area contributed by atoms with E-state index in [2.05, 4.69) is 10.8 Å². The number of halogens is 3. The van der Waals surface area contributed by atoms with Crippen molar-refractivity contribution in [1.82, 2.24) is 0 Å². The fraction of sp³-hybridized carbons (Fsp3) is 0.410. The van der Waals surface area contributed by atoms with E-state index in [1.807, 2.05) is 19.9 Å². The number of hydrogen-bond donors (Lipinski definition) is 2. The molecule has 0 amide bonds. The second-order valence-electron chi connectivity index (χ2n) is 12.3. The van der Waals surface area contributed by atoms with Gasteiger partial charge >= 0.3 is 18.1 Å². The summed E-state index contributed by atoms with van der Waals surface area (Å²) < 4.78 is 57.8. The number of ether oxygens (including phenoxy) is 3. The van der Waals surface area contributed by atoms with Crippen LogP contribution in [0.1, 0.15) is 77.0 Å². The highest BCUT2D eigenvalue weighted by atomic mass is 19.4. The van der Waals surface area contributed by atoms with E-state index in [1.54, 1.807) is 19.9 Å². The van der Waals surface area contributed by atoms with Crippen molar-refractivity contribution in [2.45, 2.75) is 91.0 Å². The third-order valence-electron chi connectivity index (χ3n) is 8.05. The number of aromatic hydroxyl groups is 2. The molecule has 0 fully saturated rings. The van der Waals surface area contributed by atoms with Gasteiger partial charge in [0, 0.05) is 23.8 Å². The summed E-state index contributed by atoms with van der Waals surface area (Å²) in [5.74, 6) is -3.03. The zero-order valence-electron chi connectivity index (χ0n) is 29.6. The van der Waals surface area contributed by atoms with Gasteiger partial charge in [-0.25, -0.2) is 4.79 Å². The van der Waals surface area contributed by atoms with Crippen LogP contribution in [0.4, 0.5) is 13.2 Å². The Morgan fingerprint density at radius 1 is 0.840 bits per heavy atom. The van der Waals surface area contributed by atoms with Crippen molar-refractivity contribution in [3.8, 4) is 11.5 Å². The number of benzene rings is 2. The number of carbonyl (C=O) groups excluding carboxylic acids is 3. The van der Waals surface area contributed by atoms with Gasteiger partial charge in [-0.2, -0.15) is 13.2 Å². The highest BCUT2D eigenvalue weighted by Gasteiger charge is 2.64. The summed E-state index contributed by atoms with van der Waals surface area (Å²) in [6.45, 7) is 8.72. The van der Waals surface area contributed by atoms with Crippen LogP contribution in [-0.4, -0.2) is 54.4 Å². The Bertz CT molecular complexity index is 1620. The molecule has 272 valence electrons. The first-order chi connectivity index (χ1) is 23.5. The summed E-state index contributed by atoms with van der Waals surface area (Å²) in [7, 11) is 2.02. The molecule has 2 aromatic carbocycles. The van der Waals surface area contributed by atoms with Crippen molar-refractivity contribution in [2.75, 3.05) is 14.2 Å². The first kappa shape index (κ1) is 41.5. The molecule has 11 heteroatoms. The van der Waals surface area contributed by atoms with Gasteiger partial charge < -0.3 is 24.4 Å². The number of alkyl halides is 3. The maximum atomic E-state index is 14.4. The number of methoxy groups -OCH3 is 2. The molecule has 0 bridgehead atoms. The monoisotopic (exact) mass is 700 g/mol. The number of phenols is 2. The third kappa shape index (κ3) is 11.5. The molecular weight excluding hydrogens is 653 g/mol. The Kier molecular flexibility index (Phi) is 15.7. The minimum Gasteiger partial charge on any atom is -0.508 e. The zero-order chi connectivity index (χ0) is 37.6. The van der Waals surface area contributed by atoms with Gasteiger partial charge in [0.25, 0.3) is 5.60 Å². The maximum Gasteiger partial charge on any atom is 0.432 e. The number of hydrogen-bond acceptors (Lipinski definition) is 8. The van der Waals surface area contributed by atoms with Gasteiger partial charge in [-0.05, 0) is 90.5 Å². The van der Waals surface area contributed by atoms with Gasteiger partial charge in [-0.1, -0.05) is 65.3 Å². The van der Waals surface area contributed by atoms with Crippen LogP contribution in [0.2, 0.25) is 0 Å². The lowest BCUT2D eigenvalue weighted by molar-refractivity contribution is -0.277. The molecule has 0 aliphatic rings. The van der Waals surface area contributed by atoms with Gasteiger partial charge in [0.1, 0.15) is 11.5 Å². The fourth-order valence-electron chi connectivity index (χ4n) is 5.19. The van der Waals surface area contributed by atoms with Crippen LogP contribution in [0.5, 0.6) is 11.5 Å². The zero-order valence-corrected chi connectivity index (χ0v) is 29.6. The first-order valence-electron chi connectivity index (χ1n) is 16.1. The lowest BCUT2D eigenvalue weighted by Gasteiger charge is -2.33. The average Bonchev–Trinajstić information content (AvgIpc) is 3.04. The average molecular weight is 701 g/mol. The van der Waals surface area contributed by atoms with Crippen molar-refractivity contribution >= 4 is 17.7 Å². The second kappa shape index (κ2) is 18.9. The van der Waals surface area contributed by atoms with E-state index in [9.17, 15) is 37.8 Å². The summed E-state index contributed by atoms with van der Waals surface area (Å²) in [4.78, 5) is 38.2. The summed E-state index contributed by atoms with van der Waals surface area (Å²) in [5, 5.41) is 20.6. The van der Waals surface area contributed by atoms with Crippen LogP contribution in [-0.2, 0) is 47.0 Å². The van der Waals surface area contributed by atoms with E-state index in [1.165, 1.54) is 50.4 Å². The van der Waals surface area contributed by atoms with E-state index in [4.69, 9.17) is 9.47 Å². The molecule has 8 nitrogen and oxygen atoms in total. The van der Waals surface area contributed by atoms with Crippen LogP contribution >= 0.6 is 0 Å². The predicted molar refractivity (Wildman–Crippen MR) is 184 cm³/mol. The molecule has 0 unspecified atom stereocenters. The Labute approximate surface area is 291 Å². The normalized spacial score (nSPS) is 14.4. The van der Waals surface area contributed by atoms with Crippen LogP contribution in [0.25, 0.3) is 0 Å². The van der Waals surface area contributed by atoms with Crippen molar-refractivity contribution in [1.29, 1.82) is 0 Å². The molecular formula is C39H47F3O8. The number of allylic oxidation sites excluding steroid dienone is 6. The van der Waals surface area contributed by atoms with E-state index in [0.29, 0.717) is 30.4 Å². The summed E-state index contributed by atoms with van der Waals surface area (Å²) in [6.07, 6.45) is 3.00. The standard InChI is InChI=1S/C39H47F3O8/c1-25(2)21-33(50-37(47)38(49-7,39(40,41)42)31-17-9-8-10-18-31)35(45)28(5)16-12-15-26(3)13-11-14-27(4)19-20-29-22-32(43)23-30(36(29)46)24-34(44)48-6/h8-10,13,16-19,21-23,33,43,46H,11-12,14-15,20,24H2,1-7H3/b26-13+,27-19-,28-16+/t33-,38-/m0/s1. The number of esters is 2. The molecule has 2 aromatic rings. The summed E-state index contributed by atoms with van der Waals surface area (Å²) in [5.41, 5.74) is -0.172. The van der Waals surface area contributed by atoms with E-state index < -0.39 is 41.2 Å². The van der Waals surface area contributed by atoms with Crippen molar-refractivity contribution in [3.05, 3.63) is 106 Å². The Balaban J connectivity index is 2.05. The molecule has 0 heterocycles. The Morgan fingerprint density at radius 3 is 1.98 bits per heavy atom. The number of ketones is 1. The quantitative estimate of drug-likeness (QED) is 0.0732. The van der Waals surface area contributed by atoms with Crippen LogP contribution in [0.3, 0.4) is 0 Å². The number of phenolic OH excluding ortho intramolecular Hbond substituents is 2. The number of Topliss-reactive ketones (excluding diaryl/α,β-unsaturated/α-hetero) is 1. The third-order valence-corrected chi connectivity index (χ3v) is 8.05. The van der Waals surface area contributed by atoms with Crippen molar-refractivity contribution in [3.63, 3.8) is 0 Å². The largest absolute Gasteiger partial charge is 0.508 e. The predicted octanol–water partition coefficient (Wildman–Crippen LogP) is 8.31. The lowest BCUT2D eigenvalue weighted by atomic mass is 9.92. The van der Waals surface area contributed by atoms with Crippen LogP contribution in [0, 0.1) is 0 Å². The van der Waals surface area contributed by atoms with Gasteiger partial charge in [-0.15, -0.1) is 0 Å². The van der Waals surface area contributed by atoms with Gasteiger partial charge in [0.15, 0.2) is 6.10 Å². The SMILES string of the molecule is COC(=O)Cc1cc(O)cc(C/C=C(/C)CC/C=C(\C)CC/C=C(\C)C(=O)[C@H](C=C(C)C)OC(=O)[C@@](OC)(c2ccccc2)C(F)(F)F)c1O. The Morgan fingerprint density at radius 2 is 1.42 bits per heavy atom. The van der Waals surface area contributed by atoms with Gasteiger partial charge in [0.2, 0.25) is 5.78 Å². The molecule has 0 saturated heterocycles. The summed E-state index contributed by atoms with van der Waals surface area (Å²) in [6, 6.07) is 9.21. The van der Waals surface area contributed by atoms with E-state index in [-0.39, 0.29) is 29.1 Å².